The van der Waals surface area contributed by atoms with E-state index in [1.165, 1.54) is 14.0 Å². The van der Waals surface area contributed by atoms with E-state index >= 15 is 0 Å². The van der Waals surface area contributed by atoms with Gasteiger partial charge in [0.25, 0.3) is 5.56 Å². The maximum atomic E-state index is 12.8. The number of rotatable bonds is 5. The van der Waals surface area contributed by atoms with Crippen LogP contribution in [0.4, 0.5) is 0 Å². The van der Waals surface area contributed by atoms with Gasteiger partial charge in [-0.1, -0.05) is 0 Å². The summed E-state index contributed by atoms with van der Waals surface area (Å²) in [4.78, 5) is 60.0. The molecule has 1 unspecified atom stereocenters. The highest BCUT2D eigenvalue weighted by atomic mass is 32.1. The Morgan fingerprint density at radius 3 is 2.33 bits per heavy atom. The Balaban J connectivity index is 1.88. The van der Waals surface area contributed by atoms with Crippen LogP contribution >= 0.6 is 11.3 Å². The number of methoxy groups -OCH3 is 1. The normalized spacial score (nSPS) is 12.1. The second kappa shape index (κ2) is 7.86. The fourth-order valence-corrected chi connectivity index (χ4v) is 4.43. The van der Waals surface area contributed by atoms with Gasteiger partial charge in [-0.05, 0) is 45.7 Å². The van der Waals surface area contributed by atoms with Crippen molar-refractivity contribution < 1.29 is 23.9 Å². The zero-order valence-electron chi connectivity index (χ0n) is 17.4. The van der Waals surface area contributed by atoms with Crippen LogP contribution in [0.5, 0.6) is 0 Å². The number of thiophene rings is 1. The molecular weight excluding hydrogens is 410 g/mol. The number of carbonyl (C=O) groups is 3. The van der Waals surface area contributed by atoms with Crippen molar-refractivity contribution in [3.8, 4) is 0 Å². The zero-order valence-corrected chi connectivity index (χ0v) is 18.2. The summed E-state index contributed by atoms with van der Waals surface area (Å²) < 4.78 is 10.1. The Labute approximate surface area is 175 Å². The first kappa shape index (κ1) is 21.4. The third-order valence-electron chi connectivity index (χ3n) is 4.83. The molecule has 0 aliphatic heterocycles. The van der Waals surface area contributed by atoms with Crippen LogP contribution in [-0.4, -0.2) is 45.9 Å². The number of aromatic nitrogens is 3. The Hall–Kier alpha value is -3.27. The maximum absolute atomic E-state index is 12.8. The SMILES string of the molecule is COC(=O)c1c(C)[nH]c(C(=O)C(C)OC(=O)c2sc3nc(C)[nH]c(=O)c3c2C)c1C. The lowest BCUT2D eigenvalue weighted by Crippen LogP contribution is -2.25. The van der Waals surface area contributed by atoms with E-state index in [2.05, 4.69) is 15.0 Å². The molecule has 0 spiro atoms. The lowest BCUT2D eigenvalue weighted by atomic mass is 10.1. The van der Waals surface area contributed by atoms with Crippen molar-refractivity contribution in [3.63, 3.8) is 0 Å². The molecule has 0 amide bonds. The molecule has 3 aromatic heterocycles. The number of hydrogen-bond acceptors (Lipinski definition) is 8. The van der Waals surface area contributed by atoms with Crippen molar-refractivity contribution in [3.05, 3.63) is 49.1 Å². The summed E-state index contributed by atoms with van der Waals surface area (Å²) in [6.45, 7) is 8.01. The van der Waals surface area contributed by atoms with Crippen molar-refractivity contribution in [2.75, 3.05) is 7.11 Å². The standard InChI is InChI=1S/C20H21N3O6S/c1-7-12(19(26)28-6)9(3)21-14(7)15(24)10(4)29-20(27)16-8(2)13-17(25)22-11(5)23-18(13)30-16/h10,21H,1-6H3,(H,22,23,25). The summed E-state index contributed by atoms with van der Waals surface area (Å²) in [6, 6.07) is 0. The molecule has 3 heterocycles. The second-order valence-corrected chi connectivity index (χ2v) is 7.92. The first-order valence-electron chi connectivity index (χ1n) is 9.09. The number of carbonyl (C=O) groups excluding carboxylic acids is 3. The quantitative estimate of drug-likeness (QED) is 0.469. The maximum Gasteiger partial charge on any atom is 0.349 e. The third kappa shape index (κ3) is 3.54. The van der Waals surface area contributed by atoms with Crippen LogP contribution in [0.25, 0.3) is 10.2 Å². The van der Waals surface area contributed by atoms with Crippen LogP contribution in [0.15, 0.2) is 4.79 Å². The van der Waals surface area contributed by atoms with Crippen LogP contribution in [0, 0.1) is 27.7 Å². The molecule has 0 aliphatic carbocycles. The first-order chi connectivity index (χ1) is 14.1. The lowest BCUT2D eigenvalue weighted by Gasteiger charge is -2.12. The van der Waals surface area contributed by atoms with Crippen molar-refractivity contribution in [2.45, 2.75) is 40.7 Å². The topological polar surface area (TPSA) is 131 Å². The van der Waals surface area contributed by atoms with Gasteiger partial charge in [-0.15, -0.1) is 11.3 Å². The fraction of sp³-hybridized carbons (Fsp3) is 0.350. The van der Waals surface area contributed by atoms with Gasteiger partial charge in [-0.2, -0.15) is 0 Å². The van der Waals surface area contributed by atoms with Crippen molar-refractivity contribution in [1.29, 1.82) is 0 Å². The summed E-state index contributed by atoms with van der Waals surface area (Å²) in [5.74, 6) is -1.32. The Kier molecular flexibility index (Phi) is 5.62. The fourth-order valence-electron chi connectivity index (χ4n) is 3.32. The Bertz CT molecular complexity index is 1250. The molecule has 0 bridgehead atoms. The van der Waals surface area contributed by atoms with E-state index in [0.29, 0.717) is 32.9 Å². The molecule has 0 aromatic carbocycles. The minimum atomic E-state index is -1.11. The molecule has 0 fully saturated rings. The predicted molar refractivity (Wildman–Crippen MR) is 111 cm³/mol. The van der Waals surface area contributed by atoms with Gasteiger partial charge in [0.05, 0.1) is 23.8 Å². The van der Waals surface area contributed by atoms with Crippen LogP contribution in [0.3, 0.4) is 0 Å². The average molecular weight is 431 g/mol. The highest BCUT2D eigenvalue weighted by molar-refractivity contribution is 7.20. The minimum Gasteiger partial charge on any atom is -0.465 e. The van der Waals surface area contributed by atoms with Crippen molar-refractivity contribution >= 4 is 39.3 Å². The van der Waals surface area contributed by atoms with Gasteiger partial charge in [-0.25, -0.2) is 14.6 Å². The summed E-state index contributed by atoms with van der Waals surface area (Å²) in [7, 11) is 1.26. The van der Waals surface area contributed by atoms with Gasteiger partial charge in [0.1, 0.15) is 15.5 Å². The molecular formula is C20H21N3O6S. The number of nitrogens with zero attached hydrogens (tertiary/aromatic N) is 1. The molecule has 158 valence electrons. The first-order valence-corrected chi connectivity index (χ1v) is 9.91. The number of hydrogen-bond donors (Lipinski definition) is 2. The van der Waals surface area contributed by atoms with Crippen LogP contribution in [-0.2, 0) is 9.47 Å². The summed E-state index contributed by atoms with van der Waals surface area (Å²) >= 11 is 1.04. The third-order valence-corrected chi connectivity index (χ3v) is 6.00. The summed E-state index contributed by atoms with van der Waals surface area (Å²) in [5, 5.41) is 0.329. The van der Waals surface area contributed by atoms with Crippen molar-refractivity contribution in [2.24, 2.45) is 0 Å². The number of fused-ring (bicyclic) bond motifs is 1. The van der Waals surface area contributed by atoms with E-state index in [9.17, 15) is 19.2 Å². The Morgan fingerprint density at radius 2 is 1.70 bits per heavy atom. The monoisotopic (exact) mass is 431 g/mol. The van der Waals surface area contributed by atoms with E-state index in [-0.39, 0.29) is 21.7 Å². The molecule has 1 atom stereocenters. The molecule has 0 radical (unpaired) electrons. The van der Waals surface area contributed by atoms with Gasteiger partial charge in [0.2, 0.25) is 5.78 Å². The van der Waals surface area contributed by atoms with Gasteiger partial charge in [0.15, 0.2) is 6.10 Å². The molecule has 3 rings (SSSR count). The number of esters is 2. The van der Waals surface area contributed by atoms with Crippen LogP contribution in [0.1, 0.15) is 60.1 Å². The number of aryl methyl sites for hydroxylation is 3. The number of Topliss-reactive ketones (excluding diaryl/α,β-unsaturated/α-hetero) is 1. The molecule has 10 heteroatoms. The van der Waals surface area contributed by atoms with Gasteiger partial charge >= 0.3 is 11.9 Å². The molecule has 9 nitrogen and oxygen atoms in total. The van der Waals surface area contributed by atoms with E-state index in [4.69, 9.17) is 9.47 Å². The molecule has 2 N–H and O–H groups in total. The molecule has 30 heavy (non-hydrogen) atoms. The molecule has 0 aliphatic rings. The van der Waals surface area contributed by atoms with Gasteiger partial charge in [-0.3, -0.25) is 9.59 Å². The minimum absolute atomic E-state index is 0.176. The van der Waals surface area contributed by atoms with E-state index in [1.807, 2.05) is 0 Å². The lowest BCUT2D eigenvalue weighted by molar-refractivity contribution is 0.0321. The highest BCUT2D eigenvalue weighted by Gasteiger charge is 2.29. The van der Waals surface area contributed by atoms with Gasteiger partial charge < -0.3 is 19.4 Å². The molecule has 0 saturated carbocycles. The number of H-pyrrole nitrogens is 2. The van der Waals surface area contributed by atoms with Crippen molar-refractivity contribution in [1.82, 2.24) is 15.0 Å². The summed E-state index contributed by atoms with van der Waals surface area (Å²) in [5.41, 5.74) is 1.49. The number of nitrogens with one attached hydrogen (secondary N) is 2. The second-order valence-electron chi connectivity index (χ2n) is 6.92. The zero-order chi connectivity index (χ0) is 22.3. The molecule has 3 aromatic rings. The Morgan fingerprint density at radius 1 is 1.03 bits per heavy atom. The molecule has 0 saturated heterocycles. The number of ether oxygens (including phenoxy) is 2. The smallest absolute Gasteiger partial charge is 0.349 e. The predicted octanol–water partition coefficient (Wildman–Crippen LogP) is 2.76. The number of ketones is 1. The van der Waals surface area contributed by atoms with Gasteiger partial charge in [0, 0.05) is 5.69 Å². The highest BCUT2D eigenvalue weighted by Crippen LogP contribution is 2.28. The van der Waals surface area contributed by atoms with Crippen LogP contribution < -0.4 is 5.56 Å². The van der Waals surface area contributed by atoms with E-state index in [1.54, 1.807) is 27.7 Å². The summed E-state index contributed by atoms with van der Waals surface area (Å²) in [6.07, 6.45) is -1.11. The largest absolute Gasteiger partial charge is 0.465 e. The number of aromatic amines is 2. The van der Waals surface area contributed by atoms with E-state index in [0.717, 1.165) is 11.3 Å². The van der Waals surface area contributed by atoms with E-state index < -0.39 is 23.8 Å². The van der Waals surface area contributed by atoms with Crippen LogP contribution in [0.2, 0.25) is 0 Å². The average Bonchev–Trinajstić information content (AvgIpc) is 3.16.